The highest BCUT2D eigenvalue weighted by molar-refractivity contribution is 7.20. The first-order valence-electron chi connectivity index (χ1n) is 8.15. The highest BCUT2D eigenvalue weighted by Crippen LogP contribution is 2.31. The van der Waals surface area contributed by atoms with Crippen molar-refractivity contribution in [2.75, 3.05) is 5.32 Å². The first-order valence-corrected chi connectivity index (χ1v) is 8.96. The predicted molar refractivity (Wildman–Crippen MR) is 103 cm³/mol. The van der Waals surface area contributed by atoms with Gasteiger partial charge in [0.25, 0.3) is 5.91 Å². The van der Waals surface area contributed by atoms with Gasteiger partial charge in [-0.1, -0.05) is 24.3 Å². The van der Waals surface area contributed by atoms with Crippen LogP contribution in [0.2, 0.25) is 0 Å². The lowest BCUT2D eigenvalue weighted by Gasteiger charge is -2.05. The van der Waals surface area contributed by atoms with Gasteiger partial charge in [0.2, 0.25) is 0 Å². The Kier molecular flexibility index (Phi) is 4.05. The zero-order chi connectivity index (χ0) is 18.3. The zero-order valence-electron chi connectivity index (χ0n) is 14.3. The maximum atomic E-state index is 14.0. The molecule has 0 aliphatic heterocycles. The molecule has 0 bridgehead atoms. The lowest BCUT2D eigenvalue weighted by Crippen LogP contribution is -2.11. The van der Waals surface area contributed by atoms with Crippen LogP contribution in [-0.2, 0) is 0 Å². The number of halogens is 1. The Morgan fingerprint density at radius 3 is 2.62 bits per heavy atom. The number of carbonyl (C=O) groups excluding carboxylic acids is 1. The Balaban J connectivity index is 1.70. The van der Waals surface area contributed by atoms with Gasteiger partial charge in [0, 0.05) is 5.39 Å². The minimum Gasteiger partial charge on any atom is -0.319 e. The number of benzene rings is 2. The van der Waals surface area contributed by atoms with Crippen LogP contribution in [0.25, 0.3) is 15.9 Å². The van der Waals surface area contributed by atoms with Gasteiger partial charge in [0.1, 0.15) is 10.6 Å². The van der Waals surface area contributed by atoms with Crippen LogP contribution in [0.5, 0.6) is 0 Å². The number of para-hydroxylation sites is 1. The molecule has 6 heteroatoms. The van der Waals surface area contributed by atoms with Crippen molar-refractivity contribution in [1.29, 1.82) is 0 Å². The lowest BCUT2D eigenvalue weighted by molar-refractivity contribution is 0.103. The van der Waals surface area contributed by atoms with E-state index in [4.69, 9.17) is 0 Å². The van der Waals surface area contributed by atoms with E-state index in [-0.39, 0.29) is 11.6 Å². The summed E-state index contributed by atoms with van der Waals surface area (Å²) in [6.45, 7) is 3.72. The fourth-order valence-corrected chi connectivity index (χ4v) is 3.89. The molecule has 0 aliphatic carbocycles. The minimum absolute atomic E-state index is 0.180. The molecule has 0 aliphatic rings. The maximum Gasteiger partial charge on any atom is 0.265 e. The monoisotopic (exact) mass is 365 g/mol. The van der Waals surface area contributed by atoms with E-state index in [1.165, 1.54) is 17.4 Å². The number of nitrogens with zero attached hydrogens (tertiary/aromatic N) is 2. The largest absolute Gasteiger partial charge is 0.319 e. The van der Waals surface area contributed by atoms with Crippen molar-refractivity contribution < 1.29 is 9.18 Å². The fraction of sp³-hybridized carbons (Fsp3) is 0.100. The highest BCUT2D eigenvalue weighted by Gasteiger charge is 2.18. The Hall–Kier alpha value is -2.99. The van der Waals surface area contributed by atoms with E-state index in [1.54, 1.807) is 19.1 Å². The number of thiophene rings is 1. The molecule has 0 atom stereocenters. The van der Waals surface area contributed by atoms with Crippen LogP contribution >= 0.6 is 11.3 Å². The van der Waals surface area contributed by atoms with Gasteiger partial charge < -0.3 is 5.32 Å². The second kappa shape index (κ2) is 6.38. The standard InChI is InChI=1S/C20H16FN3OS/c1-12-8-9-17(16(21)10-12)22-19(25)18-11-15-13(2)23-24(20(15)26-18)14-6-4-3-5-7-14/h3-11H,1-2H3,(H,22,25). The van der Waals surface area contributed by atoms with Gasteiger partial charge in [0.15, 0.2) is 0 Å². The van der Waals surface area contributed by atoms with E-state index >= 15 is 0 Å². The van der Waals surface area contributed by atoms with Gasteiger partial charge in [-0.25, -0.2) is 9.07 Å². The molecule has 2 aromatic heterocycles. The third-order valence-electron chi connectivity index (χ3n) is 4.14. The number of anilines is 1. The van der Waals surface area contributed by atoms with Crippen LogP contribution < -0.4 is 5.32 Å². The van der Waals surface area contributed by atoms with Gasteiger partial charge in [-0.3, -0.25) is 4.79 Å². The lowest BCUT2D eigenvalue weighted by atomic mass is 10.2. The van der Waals surface area contributed by atoms with Crippen LogP contribution in [-0.4, -0.2) is 15.7 Å². The second-order valence-corrected chi connectivity index (χ2v) is 7.13. The summed E-state index contributed by atoms with van der Waals surface area (Å²) in [4.78, 5) is 14.0. The van der Waals surface area contributed by atoms with E-state index in [2.05, 4.69) is 10.4 Å². The first-order chi connectivity index (χ1) is 12.5. The molecule has 4 nitrogen and oxygen atoms in total. The normalized spacial score (nSPS) is 11.0. The van der Waals surface area contributed by atoms with Crippen LogP contribution in [0, 0.1) is 19.7 Å². The van der Waals surface area contributed by atoms with E-state index in [1.807, 2.05) is 48.0 Å². The number of hydrogen-bond acceptors (Lipinski definition) is 3. The van der Waals surface area contributed by atoms with Crippen molar-refractivity contribution in [2.45, 2.75) is 13.8 Å². The fourth-order valence-electron chi connectivity index (χ4n) is 2.81. The second-order valence-electron chi connectivity index (χ2n) is 6.10. The van der Waals surface area contributed by atoms with E-state index in [0.717, 1.165) is 27.2 Å². The minimum atomic E-state index is -0.439. The number of amides is 1. The van der Waals surface area contributed by atoms with Crippen molar-refractivity contribution in [3.63, 3.8) is 0 Å². The molecular formula is C20H16FN3OS. The summed E-state index contributed by atoms with van der Waals surface area (Å²) < 4.78 is 15.8. The van der Waals surface area contributed by atoms with Gasteiger partial charge in [-0.2, -0.15) is 5.10 Å². The molecule has 0 spiro atoms. The number of aromatic nitrogens is 2. The summed E-state index contributed by atoms with van der Waals surface area (Å²) in [7, 11) is 0. The highest BCUT2D eigenvalue weighted by atomic mass is 32.1. The number of carbonyl (C=O) groups is 1. The van der Waals surface area contributed by atoms with Crippen LogP contribution in [0.1, 0.15) is 20.9 Å². The molecule has 0 radical (unpaired) electrons. The molecule has 1 N–H and O–H groups in total. The Bertz CT molecular complexity index is 1120. The topological polar surface area (TPSA) is 46.9 Å². The number of aryl methyl sites for hydroxylation is 2. The molecule has 4 rings (SSSR count). The average Bonchev–Trinajstić information content (AvgIpc) is 3.19. The smallest absolute Gasteiger partial charge is 0.265 e. The Labute approximate surface area is 153 Å². The van der Waals surface area contributed by atoms with Gasteiger partial charge >= 0.3 is 0 Å². The summed E-state index contributed by atoms with van der Waals surface area (Å²) in [5, 5.41) is 8.14. The van der Waals surface area contributed by atoms with Crippen molar-refractivity contribution in [3.8, 4) is 5.69 Å². The summed E-state index contributed by atoms with van der Waals surface area (Å²) in [6.07, 6.45) is 0. The summed E-state index contributed by atoms with van der Waals surface area (Å²) in [6, 6.07) is 16.3. The number of rotatable bonds is 3. The molecule has 130 valence electrons. The number of nitrogens with one attached hydrogen (secondary N) is 1. The predicted octanol–water partition coefficient (Wildman–Crippen LogP) is 5.10. The number of fused-ring (bicyclic) bond motifs is 1. The van der Waals surface area contributed by atoms with E-state index < -0.39 is 5.82 Å². The molecule has 1 amide bonds. The SMILES string of the molecule is Cc1ccc(NC(=O)c2cc3c(C)nn(-c4ccccc4)c3s2)c(F)c1. The first kappa shape index (κ1) is 16.5. The molecule has 26 heavy (non-hydrogen) atoms. The molecule has 4 aromatic rings. The molecule has 2 aromatic carbocycles. The van der Waals surface area contributed by atoms with Crippen molar-refractivity contribution in [1.82, 2.24) is 9.78 Å². The van der Waals surface area contributed by atoms with Crippen LogP contribution in [0.15, 0.2) is 54.6 Å². The summed E-state index contributed by atoms with van der Waals surface area (Å²) in [5.41, 5.74) is 2.77. The quantitative estimate of drug-likeness (QED) is 0.549. The molecule has 0 unspecified atom stereocenters. The Morgan fingerprint density at radius 2 is 1.88 bits per heavy atom. The Morgan fingerprint density at radius 1 is 1.12 bits per heavy atom. The summed E-state index contributed by atoms with van der Waals surface area (Å²) >= 11 is 1.34. The average molecular weight is 365 g/mol. The molecule has 2 heterocycles. The molecule has 0 saturated carbocycles. The maximum absolute atomic E-state index is 14.0. The third-order valence-corrected chi connectivity index (χ3v) is 5.25. The molecule has 0 saturated heterocycles. The van der Waals surface area contributed by atoms with Crippen molar-refractivity contribution in [2.24, 2.45) is 0 Å². The molecule has 0 fully saturated rings. The van der Waals surface area contributed by atoms with Crippen LogP contribution in [0.3, 0.4) is 0 Å². The van der Waals surface area contributed by atoms with Gasteiger partial charge in [-0.15, -0.1) is 11.3 Å². The molecular weight excluding hydrogens is 349 g/mol. The zero-order valence-corrected chi connectivity index (χ0v) is 15.1. The number of hydrogen-bond donors (Lipinski definition) is 1. The van der Waals surface area contributed by atoms with Crippen LogP contribution in [0.4, 0.5) is 10.1 Å². The van der Waals surface area contributed by atoms with E-state index in [0.29, 0.717) is 4.88 Å². The van der Waals surface area contributed by atoms with Crippen molar-refractivity contribution >= 4 is 33.1 Å². The van der Waals surface area contributed by atoms with Gasteiger partial charge in [-0.05, 0) is 49.7 Å². The third kappa shape index (κ3) is 2.88. The van der Waals surface area contributed by atoms with Gasteiger partial charge in [0.05, 0.1) is 21.9 Å². The van der Waals surface area contributed by atoms with Crippen molar-refractivity contribution in [3.05, 3.63) is 76.5 Å². The van der Waals surface area contributed by atoms with E-state index in [9.17, 15) is 9.18 Å². The summed E-state index contributed by atoms with van der Waals surface area (Å²) in [5.74, 6) is -0.765.